The largest absolute Gasteiger partial charge is 0.489 e. The number of carbonyl (C=O) groups excluding carboxylic acids is 1. The minimum absolute atomic E-state index is 0.159. The van der Waals surface area contributed by atoms with Crippen molar-refractivity contribution in [1.29, 1.82) is 0 Å². The first-order chi connectivity index (χ1) is 16.7. The molecule has 186 valence electrons. The SMILES string of the molecule is Cc1ccc(NC(=O)Cc2ccc(OCc3c(C)noc3C)cc2)cc1S(=O)(=O)N1CCCCC1. The highest BCUT2D eigenvalue weighted by Gasteiger charge is 2.27. The van der Waals surface area contributed by atoms with Crippen molar-refractivity contribution in [2.45, 2.75) is 58.0 Å². The van der Waals surface area contributed by atoms with E-state index < -0.39 is 10.0 Å². The van der Waals surface area contributed by atoms with Gasteiger partial charge in [0.25, 0.3) is 0 Å². The van der Waals surface area contributed by atoms with E-state index in [1.807, 2.05) is 38.1 Å². The van der Waals surface area contributed by atoms with Crippen LogP contribution in [0.15, 0.2) is 51.9 Å². The molecule has 2 heterocycles. The molecule has 1 fully saturated rings. The van der Waals surface area contributed by atoms with Gasteiger partial charge in [-0.1, -0.05) is 29.8 Å². The standard InChI is InChI=1S/C26H31N3O5S/c1-18-7-10-22(16-25(18)35(31,32)29-13-5-4-6-14-29)27-26(30)15-21-8-11-23(12-9-21)33-17-24-19(2)28-34-20(24)3/h7-12,16H,4-6,13-15,17H2,1-3H3,(H,27,30). The van der Waals surface area contributed by atoms with E-state index >= 15 is 0 Å². The summed E-state index contributed by atoms with van der Waals surface area (Å²) in [6, 6.07) is 12.3. The maximum Gasteiger partial charge on any atom is 0.243 e. The quantitative estimate of drug-likeness (QED) is 0.490. The lowest BCUT2D eigenvalue weighted by molar-refractivity contribution is -0.115. The summed E-state index contributed by atoms with van der Waals surface area (Å²) >= 11 is 0. The monoisotopic (exact) mass is 497 g/mol. The van der Waals surface area contributed by atoms with Crippen LogP contribution in [0.1, 0.15) is 47.4 Å². The summed E-state index contributed by atoms with van der Waals surface area (Å²) in [5, 5.41) is 6.75. The molecule has 0 spiro atoms. The lowest BCUT2D eigenvalue weighted by Crippen LogP contribution is -2.36. The first kappa shape index (κ1) is 24.9. The fourth-order valence-corrected chi connectivity index (χ4v) is 5.93. The molecule has 0 atom stereocenters. The van der Waals surface area contributed by atoms with Crippen molar-refractivity contribution >= 4 is 21.6 Å². The molecule has 0 saturated carbocycles. The predicted molar refractivity (Wildman–Crippen MR) is 133 cm³/mol. The Morgan fingerprint density at radius 3 is 2.43 bits per heavy atom. The van der Waals surface area contributed by atoms with Crippen LogP contribution in [-0.4, -0.2) is 36.9 Å². The highest BCUT2D eigenvalue weighted by molar-refractivity contribution is 7.89. The molecule has 0 radical (unpaired) electrons. The Bertz CT molecular complexity index is 1270. The van der Waals surface area contributed by atoms with Gasteiger partial charge in [0.2, 0.25) is 15.9 Å². The van der Waals surface area contributed by atoms with Gasteiger partial charge in [-0.05, 0) is 69.0 Å². The van der Waals surface area contributed by atoms with E-state index in [0.29, 0.717) is 36.7 Å². The number of amides is 1. The number of benzene rings is 2. The van der Waals surface area contributed by atoms with E-state index in [-0.39, 0.29) is 17.2 Å². The molecule has 9 heteroatoms. The van der Waals surface area contributed by atoms with Gasteiger partial charge in [0.05, 0.1) is 22.6 Å². The zero-order valence-corrected chi connectivity index (χ0v) is 21.2. The normalized spacial score (nSPS) is 14.6. The molecule has 0 bridgehead atoms. The van der Waals surface area contributed by atoms with Crippen LogP contribution < -0.4 is 10.1 Å². The third-order valence-corrected chi connectivity index (χ3v) is 8.30. The Labute approximate surface area is 206 Å². The number of ether oxygens (including phenoxy) is 1. The highest BCUT2D eigenvalue weighted by atomic mass is 32.2. The van der Waals surface area contributed by atoms with Gasteiger partial charge in [-0.15, -0.1) is 0 Å². The Balaban J connectivity index is 1.37. The van der Waals surface area contributed by atoms with Crippen LogP contribution in [-0.2, 0) is 27.8 Å². The van der Waals surface area contributed by atoms with Gasteiger partial charge in [-0.3, -0.25) is 4.79 Å². The Kier molecular flexibility index (Phi) is 7.57. The van der Waals surface area contributed by atoms with Gasteiger partial charge in [0.15, 0.2) is 0 Å². The maximum absolute atomic E-state index is 13.1. The predicted octanol–water partition coefficient (Wildman–Crippen LogP) is 4.53. The number of rotatable bonds is 8. The second-order valence-corrected chi connectivity index (χ2v) is 10.8. The minimum Gasteiger partial charge on any atom is -0.489 e. The second-order valence-electron chi connectivity index (χ2n) is 8.91. The Morgan fingerprint density at radius 2 is 1.77 bits per heavy atom. The fourth-order valence-electron chi connectivity index (χ4n) is 4.16. The Hall–Kier alpha value is -3.17. The molecular weight excluding hydrogens is 466 g/mol. The Morgan fingerprint density at radius 1 is 1.06 bits per heavy atom. The van der Waals surface area contributed by atoms with E-state index in [4.69, 9.17) is 9.26 Å². The first-order valence-corrected chi connectivity index (χ1v) is 13.2. The minimum atomic E-state index is -3.58. The lowest BCUT2D eigenvalue weighted by Gasteiger charge is -2.26. The summed E-state index contributed by atoms with van der Waals surface area (Å²) in [7, 11) is -3.58. The molecule has 1 amide bonds. The summed E-state index contributed by atoms with van der Waals surface area (Å²) in [6.45, 7) is 6.93. The summed E-state index contributed by atoms with van der Waals surface area (Å²) < 4.78 is 38.8. The van der Waals surface area contributed by atoms with Gasteiger partial charge in [0.1, 0.15) is 18.1 Å². The topological polar surface area (TPSA) is 102 Å². The van der Waals surface area contributed by atoms with Gasteiger partial charge in [-0.2, -0.15) is 4.31 Å². The molecule has 0 aliphatic carbocycles. The average Bonchev–Trinajstić information content (AvgIpc) is 3.17. The summed E-state index contributed by atoms with van der Waals surface area (Å²) in [5.74, 6) is 1.19. The van der Waals surface area contributed by atoms with Gasteiger partial charge in [-0.25, -0.2) is 8.42 Å². The zero-order valence-electron chi connectivity index (χ0n) is 20.3. The molecule has 35 heavy (non-hydrogen) atoms. The first-order valence-electron chi connectivity index (χ1n) is 11.8. The number of aromatic nitrogens is 1. The number of hydrogen-bond donors (Lipinski definition) is 1. The number of anilines is 1. The third kappa shape index (κ3) is 5.91. The summed E-state index contributed by atoms with van der Waals surface area (Å²) in [6.07, 6.45) is 2.96. The van der Waals surface area contributed by atoms with Crippen molar-refractivity contribution in [3.05, 3.63) is 70.6 Å². The number of carbonyl (C=O) groups is 1. The van der Waals surface area contributed by atoms with E-state index in [9.17, 15) is 13.2 Å². The molecular formula is C26H31N3O5S. The van der Waals surface area contributed by atoms with Crippen molar-refractivity contribution in [1.82, 2.24) is 9.46 Å². The molecule has 1 N–H and O–H groups in total. The summed E-state index contributed by atoms with van der Waals surface area (Å²) in [4.78, 5) is 12.9. The van der Waals surface area contributed by atoms with Crippen LogP contribution >= 0.6 is 0 Å². The van der Waals surface area contributed by atoms with Crippen LogP contribution in [0.5, 0.6) is 5.75 Å². The van der Waals surface area contributed by atoms with Gasteiger partial charge in [0, 0.05) is 18.8 Å². The number of aryl methyl sites for hydroxylation is 3. The molecule has 4 rings (SSSR count). The number of piperidine rings is 1. The van der Waals surface area contributed by atoms with Gasteiger partial charge < -0.3 is 14.6 Å². The smallest absolute Gasteiger partial charge is 0.243 e. The van der Waals surface area contributed by atoms with E-state index in [2.05, 4.69) is 10.5 Å². The van der Waals surface area contributed by atoms with Crippen LogP contribution in [0, 0.1) is 20.8 Å². The summed E-state index contributed by atoms with van der Waals surface area (Å²) in [5.41, 5.74) is 3.68. The molecule has 1 saturated heterocycles. The molecule has 8 nitrogen and oxygen atoms in total. The van der Waals surface area contributed by atoms with Crippen LogP contribution in [0.3, 0.4) is 0 Å². The molecule has 2 aromatic carbocycles. The molecule has 1 aromatic heterocycles. The molecule has 3 aromatic rings. The highest BCUT2D eigenvalue weighted by Crippen LogP contribution is 2.26. The van der Waals surface area contributed by atoms with Crippen molar-refractivity contribution in [2.24, 2.45) is 0 Å². The van der Waals surface area contributed by atoms with Crippen LogP contribution in [0.4, 0.5) is 5.69 Å². The van der Waals surface area contributed by atoms with E-state index in [1.165, 1.54) is 0 Å². The van der Waals surface area contributed by atoms with Gasteiger partial charge >= 0.3 is 0 Å². The maximum atomic E-state index is 13.1. The number of nitrogens with one attached hydrogen (secondary N) is 1. The lowest BCUT2D eigenvalue weighted by atomic mass is 10.1. The molecule has 1 aliphatic heterocycles. The fraction of sp³-hybridized carbons (Fsp3) is 0.385. The van der Waals surface area contributed by atoms with Crippen LogP contribution in [0.25, 0.3) is 0 Å². The number of sulfonamides is 1. The number of nitrogens with zero attached hydrogens (tertiary/aromatic N) is 2. The number of hydrogen-bond acceptors (Lipinski definition) is 6. The molecule has 0 unspecified atom stereocenters. The zero-order chi connectivity index (χ0) is 25.0. The van der Waals surface area contributed by atoms with E-state index in [1.54, 1.807) is 29.4 Å². The third-order valence-electron chi connectivity index (χ3n) is 6.26. The van der Waals surface area contributed by atoms with Crippen molar-refractivity contribution in [3.63, 3.8) is 0 Å². The van der Waals surface area contributed by atoms with Crippen molar-refractivity contribution in [2.75, 3.05) is 18.4 Å². The van der Waals surface area contributed by atoms with Crippen LogP contribution in [0.2, 0.25) is 0 Å². The van der Waals surface area contributed by atoms with Crippen molar-refractivity contribution < 1.29 is 22.5 Å². The molecule has 1 aliphatic rings. The average molecular weight is 498 g/mol. The van der Waals surface area contributed by atoms with Crippen molar-refractivity contribution in [3.8, 4) is 5.75 Å². The van der Waals surface area contributed by atoms with E-state index in [0.717, 1.165) is 41.8 Å². The second kappa shape index (κ2) is 10.6.